The Morgan fingerprint density at radius 3 is 2.78 bits per heavy atom. The summed E-state index contributed by atoms with van der Waals surface area (Å²) in [6.07, 6.45) is 5.98. The topological polar surface area (TPSA) is 84.9 Å². The molecule has 0 saturated heterocycles. The average molecular weight is 321 g/mol. The first-order valence-corrected chi connectivity index (χ1v) is 7.45. The first-order valence-electron chi connectivity index (χ1n) is 7.45. The molecule has 0 spiro atoms. The highest BCUT2D eigenvalue weighted by Crippen LogP contribution is 2.30. The van der Waals surface area contributed by atoms with E-state index in [-0.39, 0.29) is 35.2 Å². The molecule has 0 aromatic carbocycles. The maximum Gasteiger partial charge on any atom is 0.410 e. The van der Waals surface area contributed by atoms with E-state index in [0.717, 1.165) is 6.42 Å². The molecule has 6 nitrogen and oxygen atoms in total. The first kappa shape index (κ1) is 18.5. The molecule has 0 aliphatic carbocycles. The van der Waals surface area contributed by atoms with Crippen LogP contribution < -0.4 is 5.32 Å². The predicted octanol–water partition coefficient (Wildman–Crippen LogP) is 3.49. The van der Waals surface area contributed by atoms with Gasteiger partial charge in [0.2, 0.25) is 0 Å². The van der Waals surface area contributed by atoms with Gasteiger partial charge < -0.3 is 14.6 Å². The minimum absolute atomic E-state index is 0.0231. The van der Waals surface area contributed by atoms with Crippen molar-refractivity contribution in [3.63, 3.8) is 0 Å². The molecule has 0 radical (unpaired) electrons. The SMILES string of the molecule is C=C1OC(C(C)CC/C=C/NC(=O)OC)=CC(O)=C1C(=O)CC. The number of carbonyl (C=O) groups is 2. The molecular weight excluding hydrogens is 298 g/mol. The number of hydrogen-bond acceptors (Lipinski definition) is 5. The maximum absolute atomic E-state index is 11.7. The zero-order chi connectivity index (χ0) is 17.4. The second-order valence-electron chi connectivity index (χ2n) is 5.13. The largest absolute Gasteiger partial charge is 0.507 e. The third-order valence-electron chi connectivity index (χ3n) is 3.41. The fourth-order valence-corrected chi connectivity index (χ4v) is 2.05. The third kappa shape index (κ3) is 5.32. The number of aliphatic hydroxyl groups is 1. The highest BCUT2D eigenvalue weighted by molar-refractivity contribution is 5.99. The molecule has 126 valence electrons. The van der Waals surface area contributed by atoms with Crippen molar-refractivity contribution in [3.05, 3.63) is 47.8 Å². The monoisotopic (exact) mass is 321 g/mol. The number of allylic oxidation sites excluding steroid dienone is 4. The van der Waals surface area contributed by atoms with Gasteiger partial charge in [0.15, 0.2) is 5.78 Å². The molecule has 0 saturated carbocycles. The Labute approximate surface area is 136 Å². The van der Waals surface area contributed by atoms with E-state index in [1.807, 2.05) is 6.92 Å². The van der Waals surface area contributed by atoms with Crippen LogP contribution in [0.2, 0.25) is 0 Å². The Kier molecular flexibility index (Phi) is 7.12. The number of nitrogens with one attached hydrogen (secondary N) is 1. The molecule has 1 rings (SSSR count). The standard InChI is InChI=1S/C17H23NO5/c1-5-13(19)16-12(3)23-15(10-14(16)20)11(2)8-6-7-9-18-17(21)22-4/h7,9-11,20H,3,5-6,8H2,1-2,4H3,(H,18,21)/b9-7+. The zero-order valence-corrected chi connectivity index (χ0v) is 13.7. The Bertz CT molecular complexity index is 572. The molecular formula is C17H23NO5. The molecule has 6 heteroatoms. The van der Waals surface area contributed by atoms with Crippen LogP contribution in [0.5, 0.6) is 0 Å². The number of Topliss-reactive ketones (excluding diaryl/α,β-unsaturated/α-hetero) is 1. The summed E-state index contributed by atoms with van der Waals surface area (Å²) < 4.78 is 10.0. The normalized spacial score (nSPS) is 16.0. The van der Waals surface area contributed by atoms with Crippen molar-refractivity contribution >= 4 is 11.9 Å². The first-order chi connectivity index (χ1) is 10.9. The predicted molar refractivity (Wildman–Crippen MR) is 86.3 cm³/mol. The van der Waals surface area contributed by atoms with Gasteiger partial charge in [0.25, 0.3) is 0 Å². The number of rotatable bonds is 7. The Balaban J connectivity index is 2.62. The Morgan fingerprint density at radius 1 is 1.52 bits per heavy atom. The number of alkyl carbamates (subject to hydrolysis) is 1. The van der Waals surface area contributed by atoms with E-state index < -0.39 is 6.09 Å². The molecule has 2 N–H and O–H groups in total. The number of ketones is 1. The second kappa shape index (κ2) is 8.82. The molecule has 0 bridgehead atoms. The van der Waals surface area contributed by atoms with E-state index in [1.165, 1.54) is 19.4 Å². The molecule has 1 amide bonds. The van der Waals surface area contributed by atoms with E-state index in [0.29, 0.717) is 12.2 Å². The average Bonchev–Trinajstić information content (AvgIpc) is 2.52. The van der Waals surface area contributed by atoms with Crippen LogP contribution in [0, 0.1) is 5.92 Å². The van der Waals surface area contributed by atoms with Crippen LogP contribution in [-0.2, 0) is 14.3 Å². The van der Waals surface area contributed by atoms with Crippen LogP contribution in [-0.4, -0.2) is 24.1 Å². The molecule has 23 heavy (non-hydrogen) atoms. The minimum Gasteiger partial charge on any atom is -0.507 e. The van der Waals surface area contributed by atoms with E-state index >= 15 is 0 Å². The van der Waals surface area contributed by atoms with E-state index in [9.17, 15) is 14.7 Å². The number of hydrogen-bond donors (Lipinski definition) is 2. The molecule has 0 aromatic rings. The van der Waals surface area contributed by atoms with Gasteiger partial charge in [-0.1, -0.05) is 26.5 Å². The van der Waals surface area contributed by atoms with Gasteiger partial charge in [-0.3, -0.25) is 10.1 Å². The lowest BCUT2D eigenvalue weighted by molar-refractivity contribution is -0.115. The van der Waals surface area contributed by atoms with Crippen molar-refractivity contribution in [1.29, 1.82) is 0 Å². The van der Waals surface area contributed by atoms with Gasteiger partial charge in [0.1, 0.15) is 22.9 Å². The van der Waals surface area contributed by atoms with Crippen LogP contribution in [0.25, 0.3) is 0 Å². The Hall–Kier alpha value is -2.50. The van der Waals surface area contributed by atoms with Crippen LogP contribution in [0.4, 0.5) is 4.79 Å². The van der Waals surface area contributed by atoms with Crippen LogP contribution in [0.3, 0.4) is 0 Å². The summed E-state index contributed by atoms with van der Waals surface area (Å²) in [5.41, 5.74) is 0.144. The van der Waals surface area contributed by atoms with Crippen molar-refractivity contribution in [3.8, 4) is 0 Å². The van der Waals surface area contributed by atoms with Crippen molar-refractivity contribution in [2.24, 2.45) is 5.92 Å². The fourth-order valence-electron chi connectivity index (χ4n) is 2.05. The lowest BCUT2D eigenvalue weighted by Gasteiger charge is -2.23. The smallest absolute Gasteiger partial charge is 0.410 e. The highest BCUT2D eigenvalue weighted by atomic mass is 16.5. The number of methoxy groups -OCH3 is 1. The van der Waals surface area contributed by atoms with Gasteiger partial charge in [-0.15, -0.1) is 0 Å². The summed E-state index contributed by atoms with van der Waals surface area (Å²) >= 11 is 0. The van der Waals surface area contributed by atoms with Gasteiger partial charge in [0, 0.05) is 24.6 Å². The number of amides is 1. The van der Waals surface area contributed by atoms with Crippen molar-refractivity contribution < 1.29 is 24.2 Å². The fraction of sp³-hybridized carbons (Fsp3) is 0.412. The van der Waals surface area contributed by atoms with Crippen LogP contribution >= 0.6 is 0 Å². The summed E-state index contributed by atoms with van der Waals surface area (Å²) in [4.78, 5) is 22.6. The minimum atomic E-state index is -0.521. The molecule has 0 aromatic heterocycles. The summed E-state index contributed by atoms with van der Waals surface area (Å²) in [7, 11) is 1.29. The third-order valence-corrected chi connectivity index (χ3v) is 3.41. The van der Waals surface area contributed by atoms with Crippen molar-refractivity contribution in [2.45, 2.75) is 33.1 Å². The molecule has 0 fully saturated rings. The summed E-state index contributed by atoms with van der Waals surface area (Å²) in [5, 5.41) is 12.5. The van der Waals surface area contributed by atoms with E-state index in [4.69, 9.17) is 4.74 Å². The van der Waals surface area contributed by atoms with Gasteiger partial charge in [-0.2, -0.15) is 0 Å². The zero-order valence-electron chi connectivity index (χ0n) is 13.7. The van der Waals surface area contributed by atoms with Crippen molar-refractivity contribution in [2.75, 3.05) is 7.11 Å². The second-order valence-corrected chi connectivity index (χ2v) is 5.13. The number of carbonyl (C=O) groups excluding carboxylic acids is 2. The van der Waals surface area contributed by atoms with E-state index in [1.54, 1.807) is 13.0 Å². The van der Waals surface area contributed by atoms with Gasteiger partial charge >= 0.3 is 6.09 Å². The van der Waals surface area contributed by atoms with Crippen LogP contribution in [0.1, 0.15) is 33.1 Å². The van der Waals surface area contributed by atoms with Crippen LogP contribution in [0.15, 0.2) is 47.8 Å². The quantitative estimate of drug-likeness (QED) is 0.749. The van der Waals surface area contributed by atoms with Crippen molar-refractivity contribution in [1.82, 2.24) is 5.32 Å². The van der Waals surface area contributed by atoms with Gasteiger partial charge in [0.05, 0.1) is 7.11 Å². The Morgan fingerprint density at radius 2 is 2.22 bits per heavy atom. The van der Waals surface area contributed by atoms with Gasteiger partial charge in [-0.05, 0) is 12.8 Å². The molecule has 1 atom stereocenters. The lowest BCUT2D eigenvalue weighted by atomic mass is 9.98. The number of ether oxygens (including phenoxy) is 2. The summed E-state index contributed by atoms with van der Waals surface area (Å²) in [6.45, 7) is 7.37. The maximum atomic E-state index is 11.7. The lowest BCUT2D eigenvalue weighted by Crippen LogP contribution is -2.16. The highest BCUT2D eigenvalue weighted by Gasteiger charge is 2.25. The van der Waals surface area contributed by atoms with E-state index in [2.05, 4.69) is 16.6 Å². The molecule has 1 unspecified atom stereocenters. The summed E-state index contributed by atoms with van der Waals surface area (Å²) in [6, 6.07) is 0. The van der Waals surface area contributed by atoms with Gasteiger partial charge in [-0.25, -0.2) is 4.79 Å². The molecule has 1 aliphatic rings. The summed E-state index contributed by atoms with van der Waals surface area (Å²) in [5.74, 6) is 0.469. The number of aliphatic hydroxyl groups excluding tert-OH is 1. The molecule has 1 aliphatic heterocycles. The molecule has 1 heterocycles.